The fraction of sp³-hybridized carbons (Fsp3) is 0.316. The number of nitrogens with zero attached hydrogens (tertiary/aromatic N) is 4. The SMILES string of the molecule is COc1ccc(-c2noc(C(=O)NCCNC(=O)Cn3nc(C)c(I)c3C)n2)cc1. The van der Waals surface area contributed by atoms with Crippen LogP contribution in [0, 0.1) is 17.4 Å². The Bertz CT molecular complexity index is 1040. The Morgan fingerprint density at radius 2 is 1.87 bits per heavy atom. The summed E-state index contributed by atoms with van der Waals surface area (Å²) in [6, 6.07) is 7.07. The van der Waals surface area contributed by atoms with E-state index in [1.807, 2.05) is 13.8 Å². The number of rotatable bonds is 8. The highest BCUT2D eigenvalue weighted by atomic mass is 127. The monoisotopic (exact) mass is 524 g/mol. The Kier molecular flexibility index (Phi) is 7.03. The molecule has 2 heterocycles. The van der Waals surface area contributed by atoms with Gasteiger partial charge in [0.05, 0.1) is 16.4 Å². The van der Waals surface area contributed by atoms with Crippen molar-refractivity contribution in [3.8, 4) is 17.1 Å². The van der Waals surface area contributed by atoms with E-state index in [2.05, 4.69) is 48.5 Å². The van der Waals surface area contributed by atoms with Crippen molar-refractivity contribution in [2.24, 2.45) is 0 Å². The Balaban J connectivity index is 1.45. The molecule has 0 aliphatic heterocycles. The van der Waals surface area contributed by atoms with Crippen LogP contribution < -0.4 is 15.4 Å². The summed E-state index contributed by atoms with van der Waals surface area (Å²) in [6.45, 7) is 4.43. The molecule has 30 heavy (non-hydrogen) atoms. The van der Waals surface area contributed by atoms with Crippen LogP contribution in [0.15, 0.2) is 28.8 Å². The van der Waals surface area contributed by atoms with E-state index < -0.39 is 5.91 Å². The van der Waals surface area contributed by atoms with E-state index in [1.165, 1.54) is 0 Å². The predicted octanol–water partition coefficient (Wildman–Crippen LogP) is 1.71. The Morgan fingerprint density at radius 3 is 2.50 bits per heavy atom. The van der Waals surface area contributed by atoms with E-state index >= 15 is 0 Å². The molecule has 0 saturated heterocycles. The summed E-state index contributed by atoms with van der Waals surface area (Å²) < 4.78 is 12.8. The van der Waals surface area contributed by atoms with E-state index in [4.69, 9.17) is 9.26 Å². The summed E-state index contributed by atoms with van der Waals surface area (Å²) in [4.78, 5) is 28.3. The minimum absolute atomic E-state index is 0.124. The van der Waals surface area contributed by atoms with Crippen molar-refractivity contribution >= 4 is 34.4 Å². The van der Waals surface area contributed by atoms with Gasteiger partial charge < -0.3 is 19.9 Å². The van der Waals surface area contributed by atoms with E-state index in [1.54, 1.807) is 36.1 Å². The molecule has 0 spiro atoms. The number of benzene rings is 1. The Labute approximate surface area is 186 Å². The number of carbonyl (C=O) groups is 2. The molecule has 158 valence electrons. The lowest BCUT2D eigenvalue weighted by Gasteiger charge is -2.07. The van der Waals surface area contributed by atoms with Crippen molar-refractivity contribution in [2.75, 3.05) is 20.2 Å². The lowest BCUT2D eigenvalue weighted by molar-refractivity contribution is -0.121. The van der Waals surface area contributed by atoms with Gasteiger partial charge in [-0.1, -0.05) is 5.16 Å². The topological polar surface area (TPSA) is 124 Å². The summed E-state index contributed by atoms with van der Waals surface area (Å²) in [5, 5.41) is 13.5. The van der Waals surface area contributed by atoms with Crippen LogP contribution in [0.5, 0.6) is 5.75 Å². The average molecular weight is 524 g/mol. The predicted molar refractivity (Wildman–Crippen MR) is 116 cm³/mol. The molecule has 1 aromatic carbocycles. The van der Waals surface area contributed by atoms with Crippen LogP contribution in [0.25, 0.3) is 11.4 Å². The Morgan fingerprint density at radius 1 is 1.17 bits per heavy atom. The second-order valence-electron chi connectivity index (χ2n) is 6.40. The van der Waals surface area contributed by atoms with Gasteiger partial charge in [0.15, 0.2) is 0 Å². The van der Waals surface area contributed by atoms with Crippen molar-refractivity contribution in [2.45, 2.75) is 20.4 Å². The van der Waals surface area contributed by atoms with Crippen molar-refractivity contribution < 1.29 is 18.8 Å². The zero-order valence-electron chi connectivity index (χ0n) is 16.7. The number of aryl methyl sites for hydroxylation is 1. The molecule has 3 aromatic rings. The third kappa shape index (κ3) is 5.14. The molecule has 2 aromatic heterocycles. The highest BCUT2D eigenvalue weighted by molar-refractivity contribution is 14.1. The number of amides is 2. The number of methoxy groups -OCH3 is 1. The zero-order valence-corrected chi connectivity index (χ0v) is 18.9. The first kappa shape index (κ1) is 21.7. The number of hydrogen-bond donors (Lipinski definition) is 2. The fourth-order valence-corrected chi connectivity index (χ4v) is 3.03. The van der Waals surface area contributed by atoms with E-state index in [0.29, 0.717) is 17.1 Å². The molecule has 3 rings (SSSR count). The van der Waals surface area contributed by atoms with E-state index in [9.17, 15) is 9.59 Å². The van der Waals surface area contributed by atoms with Gasteiger partial charge in [0.2, 0.25) is 11.7 Å². The number of nitrogens with one attached hydrogen (secondary N) is 2. The highest BCUT2D eigenvalue weighted by Gasteiger charge is 2.16. The van der Waals surface area contributed by atoms with Crippen LogP contribution in [0.2, 0.25) is 0 Å². The molecule has 0 aliphatic rings. The molecule has 0 unspecified atom stereocenters. The number of ether oxygens (including phenoxy) is 1. The number of carbonyl (C=O) groups excluding carboxylic acids is 2. The van der Waals surface area contributed by atoms with Gasteiger partial charge in [-0.3, -0.25) is 14.3 Å². The molecule has 0 aliphatic carbocycles. The van der Waals surface area contributed by atoms with Crippen LogP contribution in [0.3, 0.4) is 0 Å². The summed E-state index contributed by atoms with van der Waals surface area (Å²) in [5.41, 5.74) is 2.53. The van der Waals surface area contributed by atoms with Crippen LogP contribution in [0.1, 0.15) is 22.1 Å². The maximum Gasteiger partial charge on any atom is 0.316 e. The third-order valence-electron chi connectivity index (χ3n) is 4.29. The molecular weight excluding hydrogens is 503 g/mol. The van der Waals surface area contributed by atoms with Crippen molar-refractivity contribution in [3.63, 3.8) is 0 Å². The standard InChI is InChI=1S/C19H21IN6O4/c1-11-16(20)12(2)26(24-11)10-15(27)21-8-9-22-18(28)19-23-17(25-30-19)13-4-6-14(29-3)7-5-13/h4-7H,8-10H2,1-3H3,(H,21,27)(H,22,28). The third-order valence-corrected chi connectivity index (χ3v) is 5.85. The average Bonchev–Trinajstić information content (AvgIpc) is 3.33. The molecule has 0 bridgehead atoms. The fourth-order valence-electron chi connectivity index (χ4n) is 2.65. The minimum atomic E-state index is -0.510. The second kappa shape index (κ2) is 9.69. The lowest BCUT2D eigenvalue weighted by atomic mass is 10.2. The zero-order chi connectivity index (χ0) is 21.7. The first-order chi connectivity index (χ1) is 14.4. The molecule has 10 nitrogen and oxygen atoms in total. The van der Waals surface area contributed by atoms with Gasteiger partial charge in [-0.2, -0.15) is 10.1 Å². The molecule has 2 amide bonds. The first-order valence-electron chi connectivity index (χ1n) is 9.11. The van der Waals surface area contributed by atoms with E-state index in [0.717, 1.165) is 15.0 Å². The van der Waals surface area contributed by atoms with Crippen LogP contribution >= 0.6 is 22.6 Å². The maximum absolute atomic E-state index is 12.2. The summed E-state index contributed by atoms with van der Waals surface area (Å²) >= 11 is 2.20. The molecule has 0 saturated carbocycles. The summed E-state index contributed by atoms with van der Waals surface area (Å²) in [5.74, 6) is 0.158. The van der Waals surface area contributed by atoms with Crippen LogP contribution in [-0.2, 0) is 11.3 Å². The minimum Gasteiger partial charge on any atom is -0.497 e. The van der Waals surface area contributed by atoms with Gasteiger partial charge in [-0.25, -0.2) is 0 Å². The highest BCUT2D eigenvalue weighted by Crippen LogP contribution is 2.19. The van der Waals surface area contributed by atoms with Crippen molar-refractivity contribution in [3.05, 3.63) is 45.1 Å². The number of halogens is 1. The smallest absolute Gasteiger partial charge is 0.316 e. The van der Waals surface area contributed by atoms with Gasteiger partial charge in [-0.05, 0) is 60.7 Å². The first-order valence-corrected chi connectivity index (χ1v) is 10.2. The quantitative estimate of drug-likeness (QED) is 0.340. The van der Waals surface area contributed by atoms with Gasteiger partial charge in [0.25, 0.3) is 0 Å². The molecular formula is C19H21IN6O4. The normalized spacial score (nSPS) is 10.7. The van der Waals surface area contributed by atoms with Crippen LogP contribution in [-0.4, -0.2) is 51.9 Å². The van der Waals surface area contributed by atoms with Crippen LogP contribution in [0.4, 0.5) is 0 Å². The van der Waals surface area contributed by atoms with Gasteiger partial charge in [0.1, 0.15) is 12.3 Å². The molecule has 0 radical (unpaired) electrons. The van der Waals surface area contributed by atoms with Gasteiger partial charge >= 0.3 is 11.8 Å². The largest absolute Gasteiger partial charge is 0.497 e. The second-order valence-corrected chi connectivity index (χ2v) is 7.48. The summed E-state index contributed by atoms with van der Waals surface area (Å²) in [7, 11) is 1.58. The molecule has 2 N–H and O–H groups in total. The lowest BCUT2D eigenvalue weighted by Crippen LogP contribution is -2.36. The van der Waals surface area contributed by atoms with Crippen molar-refractivity contribution in [1.82, 2.24) is 30.6 Å². The number of hydrogen-bond acceptors (Lipinski definition) is 7. The van der Waals surface area contributed by atoms with Gasteiger partial charge in [-0.15, -0.1) is 0 Å². The van der Waals surface area contributed by atoms with Crippen molar-refractivity contribution in [1.29, 1.82) is 0 Å². The Hall–Kier alpha value is -2.96. The summed E-state index contributed by atoms with van der Waals surface area (Å²) in [6.07, 6.45) is 0. The number of aromatic nitrogens is 4. The maximum atomic E-state index is 12.2. The molecule has 0 fully saturated rings. The van der Waals surface area contributed by atoms with E-state index in [-0.39, 0.29) is 31.4 Å². The molecule has 11 heteroatoms. The van der Waals surface area contributed by atoms with Gasteiger partial charge in [0, 0.05) is 24.3 Å². The molecule has 0 atom stereocenters.